The van der Waals surface area contributed by atoms with Gasteiger partial charge in [0.2, 0.25) is 0 Å². The predicted octanol–water partition coefficient (Wildman–Crippen LogP) is 2.11. The van der Waals surface area contributed by atoms with Gasteiger partial charge < -0.3 is 20.6 Å². The largest absolute Gasteiger partial charge is 0.465 e. The van der Waals surface area contributed by atoms with Gasteiger partial charge in [-0.3, -0.25) is 0 Å². The normalized spacial score (nSPS) is 41.1. The van der Waals surface area contributed by atoms with Gasteiger partial charge in [0.25, 0.3) is 0 Å². The van der Waals surface area contributed by atoms with Gasteiger partial charge in [0.1, 0.15) is 0 Å². The Morgan fingerprint density at radius 1 is 1.04 bits per heavy atom. The first-order chi connectivity index (χ1) is 11.1. The van der Waals surface area contributed by atoms with Gasteiger partial charge in [-0.2, -0.15) is 0 Å². The van der Waals surface area contributed by atoms with Crippen LogP contribution in [-0.2, 0) is 0 Å². The van der Waals surface area contributed by atoms with Crippen molar-refractivity contribution in [2.75, 3.05) is 19.6 Å². The molecule has 1 aliphatic heterocycles. The number of likely N-dealkylation sites (tertiary alicyclic amines) is 1. The summed E-state index contributed by atoms with van der Waals surface area (Å²) in [4.78, 5) is 25.0. The average molecular weight is 321 g/mol. The standard InChI is InChI=1S/C17H27N3O3/c21-16(20-2-1-10(9-20)8-18-17(22)23)19-15-13-4-11-3-12(6-13)7-14(15)5-11/h10-15,18H,1-9H2,(H,19,21)(H,22,23). The van der Waals surface area contributed by atoms with Gasteiger partial charge >= 0.3 is 12.1 Å². The van der Waals surface area contributed by atoms with E-state index < -0.39 is 6.09 Å². The highest BCUT2D eigenvalue weighted by molar-refractivity contribution is 5.75. The molecule has 4 bridgehead atoms. The Labute approximate surface area is 137 Å². The predicted molar refractivity (Wildman–Crippen MR) is 85.1 cm³/mol. The molecule has 5 aliphatic rings. The monoisotopic (exact) mass is 321 g/mol. The van der Waals surface area contributed by atoms with Gasteiger partial charge in [0.05, 0.1) is 0 Å². The van der Waals surface area contributed by atoms with Crippen molar-refractivity contribution in [3.8, 4) is 0 Å². The van der Waals surface area contributed by atoms with Crippen molar-refractivity contribution in [3.05, 3.63) is 0 Å². The summed E-state index contributed by atoms with van der Waals surface area (Å²) in [6, 6.07) is 0.451. The zero-order valence-electron chi connectivity index (χ0n) is 13.5. The minimum atomic E-state index is -0.985. The Balaban J connectivity index is 1.30. The topological polar surface area (TPSA) is 81.7 Å². The van der Waals surface area contributed by atoms with Crippen molar-refractivity contribution in [1.82, 2.24) is 15.5 Å². The number of nitrogens with zero attached hydrogens (tertiary/aromatic N) is 1. The van der Waals surface area contributed by atoms with E-state index in [1.54, 1.807) is 0 Å². The van der Waals surface area contributed by atoms with Crippen LogP contribution in [0.2, 0.25) is 0 Å². The second kappa shape index (κ2) is 5.87. The lowest BCUT2D eigenvalue weighted by molar-refractivity contribution is -0.0108. The lowest BCUT2D eigenvalue weighted by Crippen LogP contribution is -2.57. The molecule has 0 aromatic rings. The number of carboxylic acid groups (broad SMARTS) is 1. The number of urea groups is 1. The van der Waals surface area contributed by atoms with Crippen LogP contribution in [0, 0.1) is 29.6 Å². The summed E-state index contributed by atoms with van der Waals surface area (Å²) in [6.45, 7) is 1.85. The van der Waals surface area contributed by atoms with Crippen LogP contribution in [0.1, 0.15) is 38.5 Å². The molecule has 0 aromatic carbocycles. The van der Waals surface area contributed by atoms with Crippen LogP contribution < -0.4 is 10.6 Å². The number of amides is 3. The lowest BCUT2D eigenvalue weighted by atomic mass is 9.54. The first-order valence-electron chi connectivity index (χ1n) is 9.10. The fourth-order valence-corrected chi connectivity index (χ4v) is 5.81. The van der Waals surface area contributed by atoms with E-state index in [2.05, 4.69) is 10.6 Å². The lowest BCUT2D eigenvalue weighted by Gasteiger charge is -2.54. The summed E-state index contributed by atoms with van der Waals surface area (Å²) < 4.78 is 0. The van der Waals surface area contributed by atoms with E-state index in [4.69, 9.17) is 5.11 Å². The van der Waals surface area contributed by atoms with Crippen LogP contribution in [0.15, 0.2) is 0 Å². The van der Waals surface area contributed by atoms with Crippen molar-refractivity contribution < 1.29 is 14.7 Å². The van der Waals surface area contributed by atoms with E-state index in [-0.39, 0.29) is 11.9 Å². The zero-order valence-corrected chi connectivity index (χ0v) is 13.5. The van der Waals surface area contributed by atoms with Crippen LogP contribution in [-0.4, -0.2) is 47.8 Å². The average Bonchev–Trinajstić information content (AvgIpc) is 2.97. The summed E-state index contributed by atoms with van der Waals surface area (Å²) in [5, 5.41) is 14.4. The Morgan fingerprint density at radius 2 is 1.70 bits per heavy atom. The Kier molecular flexibility index (Phi) is 3.85. The number of rotatable bonds is 3. The van der Waals surface area contributed by atoms with E-state index in [0.717, 1.165) is 24.8 Å². The van der Waals surface area contributed by atoms with E-state index in [9.17, 15) is 9.59 Å². The van der Waals surface area contributed by atoms with Gasteiger partial charge in [-0.1, -0.05) is 0 Å². The zero-order chi connectivity index (χ0) is 16.0. The highest BCUT2D eigenvalue weighted by Gasteiger charge is 2.49. The molecule has 0 aromatic heterocycles. The van der Waals surface area contributed by atoms with Crippen LogP contribution >= 0.6 is 0 Å². The molecule has 1 heterocycles. The summed E-state index contributed by atoms with van der Waals surface area (Å²) in [6.07, 6.45) is 6.56. The van der Waals surface area contributed by atoms with E-state index in [1.165, 1.54) is 32.1 Å². The van der Waals surface area contributed by atoms with Crippen LogP contribution in [0.5, 0.6) is 0 Å². The number of nitrogens with one attached hydrogen (secondary N) is 2. The summed E-state index contributed by atoms with van der Waals surface area (Å²) in [5.74, 6) is 3.48. The van der Waals surface area contributed by atoms with Gasteiger partial charge in [-0.05, 0) is 68.1 Å². The number of hydrogen-bond donors (Lipinski definition) is 3. The summed E-state index contributed by atoms with van der Waals surface area (Å²) in [5.41, 5.74) is 0. The molecule has 23 heavy (non-hydrogen) atoms. The second-order valence-electron chi connectivity index (χ2n) is 8.19. The fraction of sp³-hybridized carbons (Fsp3) is 0.882. The molecule has 4 aliphatic carbocycles. The third-order valence-electron chi connectivity index (χ3n) is 6.63. The van der Waals surface area contributed by atoms with Crippen LogP contribution in [0.3, 0.4) is 0 Å². The number of carbonyl (C=O) groups excluding carboxylic acids is 1. The molecular weight excluding hydrogens is 294 g/mol. The van der Waals surface area contributed by atoms with Crippen molar-refractivity contribution in [2.24, 2.45) is 29.6 Å². The minimum Gasteiger partial charge on any atom is -0.465 e. The van der Waals surface area contributed by atoms with Crippen molar-refractivity contribution in [3.63, 3.8) is 0 Å². The maximum absolute atomic E-state index is 12.6. The minimum absolute atomic E-state index is 0.0697. The van der Waals surface area contributed by atoms with Gasteiger partial charge in [0, 0.05) is 25.7 Å². The molecule has 1 saturated heterocycles. The third-order valence-corrected chi connectivity index (χ3v) is 6.63. The number of carbonyl (C=O) groups is 2. The van der Waals surface area contributed by atoms with E-state index in [1.807, 2.05) is 4.90 Å². The number of hydrogen-bond acceptors (Lipinski definition) is 2. The molecule has 128 valence electrons. The highest BCUT2D eigenvalue weighted by atomic mass is 16.4. The quantitative estimate of drug-likeness (QED) is 0.744. The first kappa shape index (κ1) is 15.1. The van der Waals surface area contributed by atoms with Gasteiger partial charge in [-0.25, -0.2) is 9.59 Å². The molecule has 0 spiro atoms. The molecule has 5 rings (SSSR count). The molecule has 5 fully saturated rings. The molecule has 1 unspecified atom stereocenters. The Morgan fingerprint density at radius 3 is 2.30 bits per heavy atom. The maximum atomic E-state index is 12.6. The van der Waals surface area contributed by atoms with Crippen molar-refractivity contribution >= 4 is 12.1 Å². The Bertz CT molecular complexity index is 467. The summed E-state index contributed by atoms with van der Waals surface area (Å²) >= 11 is 0. The van der Waals surface area contributed by atoms with Crippen molar-refractivity contribution in [1.29, 1.82) is 0 Å². The SMILES string of the molecule is O=C(O)NCC1CCN(C(=O)NC2C3CC4CC(C3)CC2C4)C1. The second-order valence-corrected chi connectivity index (χ2v) is 8.19. The molecule has 1 atom stereocenters. The van der Waals surface area contributed by atoms with Crippen LogP contribution in [0.25, 0.3) is 0 Å². The Hall–Kier alpha value is -1.46. The van der Waals surface area contributed by atoms with Crippen molar-refractivity contribution in [2.45, 2.75) is 44.6 Å². The van der Waals surface area contributed by atoms with E-state index >= 15 is 0 Å². The molecule has 3 amide bonds. The maximum Gasteiger partial charge on any atom is 0.404 e. The fourth-order valence-electron chi connectivity index (χ4n) is 5.81. The van der Waals surface area contributed by atoms with E-state index in [0.29, 0.717) is 31.0 Å². The molecule has 6 heteroatoms. The first-order valence-corrected chi connectivity index (χ1v) is 9.10. The molecule has 3 N–H and O–H groups in total. The molecular formula is C17H27N3O3. The third kappa shape index (κ3) is 3.00. The molecule has 4 saturated carbocycles. The van der Waals surface area contributed by atoms with Gasteiger partial charge in [0.15, 0.2) is 0 Å². The van der Waals surface area contributed by atoms with Crippen LogP contribution in [0.4, 0.5) is 9.59 Å². The summed E-state index contributed by atoms with van der Waals surface area (Å²) in [7, 11) is 0. The van der Waals surface area contributed by atoms with Gasteiger partial charge in [-0.15, -0.1) is 0 Å². The smallest absolute Gasteiger partial charge is 0.404 e. The molecule has 0 radical (unpaired) electrons. The molecule has 6 nitrogen and oxygen atoms in total. The highest BCUT2D eigenvalue weighted by Crippen LogP contribution is 2.53.